The Hall–Kier alpha value is -1.41. The van der Waals surface area contributed by atoms with Crippen LogP contribution in [-0.4, -0.2) is 40.4 Å². The molecule has 164 valence electrons. The number of allylic oxidation sites excluding steroid dienone is 1. The Balaban J connectivity index is 4.91. The zero-order valence-corrected chi connectivity index (χ0v) is 18.0. The number of unbranched alkanes of at least 4 members (excludes halogenated alkanes) is 9. The van der Waals surface area contributed by atoms with Crippen LogP contribution in [0.15, 0.2) is 12.2 Å². The Bertz CT molecular complexity index is 612. The quantitative estimate of drug-likeness (QED) is 0.177. The first-order valence-corrected chi connectivity index (χ1v) is 11.6. The minimum atomic E-state index is -5.10. The Morgan fingerprint density at radius 2 is 1.36 bits per heavy atom. The van der Waals surface area contributed by atoms with Crippen LogP contribution in [0.5, 0.6) is 0 Å². The zero-order valence-electron chi connectivity index (χ0n) is 17.2. The fourth-order valence-electron chi connectivity index (χ4n) is 3.72. The molecule has 0 aliphatic rings. The molecule has 0 saturated heterocycles. The van der Waals surface area contributed by atoms with Crippen molar-refractivity contribution in [2.24, 2.45) is 5.41 Å². The lowest BCUT2D eigenvalue weighted by Crippen LogP contribution is -2.51. The lowest BCUT2D eigenvalue weighted by atomic mass is 9.74. The van der Waals surface area contributed by atoms with Crippen molar-refractivity contribution in [1.29, 1.82) is 0 Å². The summed E-state index contributed by atoms with van der Waals surface area (Å²) < 4.78 is 32.7. The van der Waals surface area contributed by atoms with E-state index in [1.165, 1.54) is 39.0 Å². The molecule has 0 aromatic rings. The van der Waals surface area contributed by atoms with Crippen molar-refractivity contribution in [2.45, 2.75) is 96.1 Å². The van der Waals surface area contributed by atoms with Crippen LogP contribution in [0.3, 0.4) is 0 Å². The summed E-state index contributed by atoms with van der Waals surface area (Å²) in [6.07, 6.45) is 9.63. The largest absolute Gasteiger partial charge is 0.481 e. The molecule has 0 rings (SSSR count). The fraction of sp³-hybridized carbons (Fsp3) is 0.800. The summed E-state index contributed by atoms with van der Waals surface area (Å²) in [5, 5.41) is 16.6. The number of carboxylic acid groups (broad SMARTS) is 2. The van der Waals surface area contributed by atoms with Crippen molar-refractivity contribution in [3.8, 4) is 0 Å². The first kappa shape index (κ1) is 26.6. The summed E-state index contributed by atoms with van der Waals surface area (Å²) in [5.74, 6) is -3.41. The normalized spacial score (nSPS) is 15.0. The van der Waals surface area contributed by atoms with Crippen molar-refractivity contribution >= 4 is 22.1 Å². The maximum Gasteiger partial charge on any atom is 0.325 e. The number of carbonyl (C=O) groups is 2. The van der Waals surface area contributed by atoms with Gasteiger partial charge in [-0.15, -0.1) is 6.58 Å². The van der Waals surface area contributed by atoms with Gasteiger partial charge in [0.15, 0.2) is 5.25 Å². The van der Waals surface area contributed by atoms with Gasteiger partial charge in [-0.1, -0.05) is 76.7 Å². The average molecular weight is 421 g/mol. The maximum atomic E-state index is 12.0. The van der Waals surface area contributed by atoms with Crippen LogP contribution >= 0.6 is 0 Å². The van der Waals surface area contributed by atoms with E-state index in [4.69, 9.17) is 0 Å². The highest BCUT2D eigenvalue weighted by Gasteiger charge is 2.55. The Kier molecular flexibility index (Phi) is 12.3. The molecule has 0 aromatic carbocycles. The third-order valence-corrected chi connectivity index (χ3v) is 6.29. The zero-order chi connectivity index (χ0) is 21.8. The molecule has 0 aliphatic heterocycles. The molecule has 0 bridgehead atoms. The predicted molar refractivity (Wildman–Crippen MR) is 109 cm³/mol. The van der Waals surface area contributed by atoms with Gasteiger partial charge in [0.05, 0.1) is 0 Å². The van der Waals surface area contributed by atoms with E-state index in [9.17, 15) is 32.8 Å². The van der Waals surface area contributed by atoms with Crippen LogP contribution < -0.4 is 0 Å². The van der Waals surface area contributed by atoms with Crippen molar-refractivity contribution in [1.82, 2.24) is 0 Å². The van der Waals surface area contributed by atoms with Crippen molar-refractivity contribution in [2.75, 3.05) is 0 Å². The van der Waals surface area contributed by atoms with Crippen LogP contribution in [0, 0.1) is 5.41 Å². The molecule has 0 radical (unpaired) electrons. The molecule has 7 nitrogen and oxygen atoms in total. The first-order chi connectivity index (χ1) is 13.0. The predicted octanol–water partition coefficient (Wildman–Crippen LogP) is 4.68. The lowest BCUT2D eigenvalue weighted by Gasteiger charge is -2.33. The molecule has 0 saturated carbocycles. The molecular formula is C20H36O7S. The highest BCUT2D eigenvalue weighted by Crippen LogP contribution is 2.39. The van der Waals surface area contributed by atoms with Gasteiger partial charge in [0.1, 0.15) is 5.41 Å². The molecule has 0 spiro atoms. The minimum Gasteiger partial charge on any atom is -0.481 e. The van der Waals surface area contributed by atoms with Crippen molar-refractivity contribution in [3.05, 3.63) is 12.2 Å². The van der Waals surface area contributed by atoms with Gasteiger partial charge in [0.2, 0.25) is 0 Å². The third kappa shape index (κ3) is 9.19. The number of aliphatic carboxylic acids is 2. The van der Waals surface area contributed by atoms with Crippen molar-refractivity contribution in [3.63, 3.8) is 0 Å². The number of carboxylic acids is 2. The second kappa shape index (κ2) is 12.9. The van der Waals surface area contributed by atoms with E-state index in [2.05, 4.69) is 13.5 Å². The fourth-order valence-corrected chi connectivity index (χ4v) is 4.85. The second-order valence-electron chi connectivity index (χ2n) is 7.76. The molecule has 0 heterocycles. The van der Waals surface area contributed by atoms with E-state index in [1.807, 2.05) is 0 Å². The van der Waals surface area contributed by atoms with E-state index in [0.717, 1.165) is 19.3 Å². The summed E-state index contributed by atoms with van der Waals surface area (Å²) in [6.45, 7) is 7.29. The Morgan fingerprint density at radius 1 is 0.929 bits per heavy atom. The molecular weight excluding hydrogens is 384 g/mol. The molecule has 2 unspecified atom stereocenters. The molecule has 0 fully saturated rings. The highest BCUT2D eigenvalue weighted by molar-refractivity contribution is 7.87. The van der Waals surface area contributed by atoms with Gasteiger partial charge in [-0.3, -0.25) is 14.1 Å². The van der Waals surface area contributed by atoms with Gasteiger partial charge >= 0.3 is 11.9 Å². The standard InChI is InChI=1S/C20H36O7S/c1-4-5-6-7-8-9-10-11-12-13-14-20(19(23)24,15-16(2)3)17(18(21)22)28(25,26)27/h17H,2,4-15H2,1,3H3,(H,21,22)(H,23,24)(H,25,26,27). The second-order valence-corrected chi connectivity index (χ2v) is 9.26. The van der Waals surface area contributed by atoms with Crippen molar-refractivity contribution < 1.29 is 32.8 Å². The Labute approximate surface area is 169 Å². The maximum absolute atomic E-state index is 12.0. The van der Waals surface area contributed by atoms with Crippen LogP contribution in [0.25, 0.3) is 0 Å². The molecule has 3 N–H and O–H groups in total. The van der Waals surface area contributed by atoms with E-state index >= 15 is 0 Å². The van der Waals surface area contributed by atoms with Gasteiger partial charge in [-0.25, -0.2) is 0 Å². The number of hydrogen-bond donors (Lipinski definition) is 3. The van der Waals surface area contributed by atoms with Gasteiger partial charge in [-0.05, 0) is 19.8 Å². The smallest absolute Gasteiger partial charge is 0.325 e. The molecule has 2 atom stereocenters. The van der Waals surface area contributed by atoms with E-state index in [0.29, 0.717) is 18.4 Å². The summed E-state index contributed by atoms with van der Waals surface area (Å²) in [5.41, 5.74) is -1.78. The van der Waals surface area contributed by atoms with E-state index in [-0.39, 0.29) is 12.8 Å². The lowest BCUT2D eigenvalue weighted by molar-refractivity contribution is -0.156. The molecule has 0 aliphatic carbocycles. The minimum absolute atomic E-state index is 0.150. The van der Waals surface area contributed by atoms with E-state index in [1.54, 1.807) is 0 Å². The number of hydrogen-bond acceptors (Lipinski definition) is 4. The summed E-state index contributed by atoms with van der Waals surface area (Å²) >= 11 is 0. The summed E-state index contributed by atoms with van der Waals surface area (Å²) in [6, 6.07) is 0. The third-order valence-electron chi connectivity index (χ3n) is 5.04. The average Bonchev–Trinajstić information content (AvgIpc) is 2.53. The summed E-state index contributed by atoms with van der Waals surface area (Å²) in [7, 11) is -5.10. The Morgan fingerprint density at radius 3 is 1.68 bits per heavy atom. The van der Waals surface area contributed by atoms with Crippen LogP contribution in [0.4, 0.5) is 0 Å². The van der Waals surface area contributed by atoms with Crippen LogP contribution in [0.2, 0.25) is 0 Å². The van der Waals surface area contributed by atoms with Gasteiger partial charge < -0.3 is 10.2 Å². The van der Waals surface area contributed by atoms with E-state index < -0.39 is 32.7 Å². The molecule has 8 heteroatoms. The topological polar surface area (TPSA) is 129 Å². The monoisotopic (exact) mass is 420 g/mol. The summed E-state index contributed by atoms with van der Waals surface area (Å²) in [4.78, 5) is 23.5. The highest BCUT2D eigenvalue weighted by atomic mass is 32.2. The number of rotatable bonds is 17. The van der Waals surface area contributed by atoms with Crippen LogP contribution in [-0.2, 0) is 19.7 Å². The molecule has 0 aromatic heterocycles. The first-order valence-electron chi connectivity index (χ1n) is 10.1. The van der Waals surface area contributed by atoms with Crippen LogP contribution in [0.1, 0.15) is 90.9 Å². The SMILES string of the molecule is C=C(C)CC(CCCCCCCCCCCC)(C(=O)O)C(C(=O)O)S(=O)(=O)O. The van der Waals surface area contributed by atoms with Gasteiger partial charge in [-0.2, -0.15) is 8.42 Å². The van der Waals surface area contributed by atoms with Gasteiger partial charge in [0, 0.05) is 0 Å². The van der Waals surface area contributed by atoms with Gasteiger partial charge in [0.25, 0.3) is 10.1 Å². The molecule has 0 amide bonds. The molecule has 28 heavy (non-hydrogen) atoms.